The Bertz CT molecular complexity index is 662. The van der Waals surface area contributed by atoms with Crippen molar-refractivity contribution < 1.29 is 9.31 Å². The molecule has 0 radical (unpaired) electrons. The van der Waals surface area contributed by atoms with Crippen LogP contribution in [0.4, 0.5) is 15.8 Å². The van der Waals surface area contributed by atoms with Crippen LogP contribution in [0, 0.1) is 22.9 Å². The molecule has 0 fully saturated rings. The molecule has 6 heteroatoms. The van der Waals surface area contributed by atoms with Gasteiger partial charge in [-0.2, -0.15) is 0 Å². The molecule has 1 N–H and O–H groups in total. The minimum absolute atomic E-state index is 0.0564. The molecule has 2 aromatic carbocycles. The van der Waals surface area contributed by atoms with Crippen LogP contribution >= 0.6 is 11.6 Å². The summed E-state index contributed by atoms with van der Waals surface area (Å²) < 4.78 is 13.6. The van der Waals surface area contributed by atoms with E-state index in [1.165, 1.54) is 18.2 Å². The average Bonchev–Trinajstić information content (AvgIpc) is 2.39. The molecule has 104 valence electrons. The normalized spacial score (nSPS) is 10.3. The molecule has 0 aliphatic heterocycles. The molecular formula is C14H12ClFN2O2. The standard InChI is InChI=1S/C14H12ClFN2O2/c1-9-2-3-10(6-14(9)18(19)20)8-17-13-5-4-11(15)7-12(13)16/h2-7,17H,8H2,1H3. The van der Waals surface area contributed by atoms with E-state index in [1.54, 1.807) is 25.1 Å². The number of hydrogen-bond donors (Lipinski definition) is 1. The number of nitrogens with one attached hydrogen (secondary N) is 1. The Morgan fingerprint density at radius 2 is 2.05 bits per heavy atom. The van der Waals surface area contributed by atoms with E-state index in [0.717, 1.165) is 0 Å². The van der Waals surface area contributed by atoms with Gasteiger partial charge in [0, 0.05) is 23.2 Å². The molecule has 0 aliphatic carbocycles. The highest BCUT2D eigenvalue weighted by molar-refractivity contribution is 6.30. The number of benzene rings is 2. The Morgan fingerprint density at radius 3 is 2.70 bits per heavy atom. The average molecular weight is 295 g/mol. The lowest BCUT2D eigenvalue weighted by Crippen LogP contribution is -2.02. The third-order valence-electron chi connectivity index (χ3n) is 2.88. The Morgan fingerprint density at radius 1 is 1.30 bits per heavy atom. The largest absolute Gasteiger partial charge is 0.379 e. The molecule has 0 heterocycles. The molecule has 2 aromatic rings. The lowest BCUT2D eigenvalue weighted by atomic mass is 10.1. The Labute approximate surface area is 120 Å². The van der Waals surface area contributed by atoms with E-state index < -0.39 is 10.7 Å². The number of halogens is 2. The highest BCUT2D eigenvalue weighted by atomic mass is 35.5. The fraction of sp³-hybridized carbons (Fsp3) is 0.143. The zero-order valence-corrected chi connectivity index (χ0v) is 11.4. The summed E-state index contributed by atoms with van der Waals surface area (Å²) in [5, 5.41) is 14.1. The van der Waals surface area contributed by atoms with Crippen LogP contribution in [0.2, 0.25) is 5.02 Å². The predicted octanol–water partition coefficient (Wildman–Crippen LogP) is 4.31. The second-order valence-electron chi connectivity index (χ2n) is 4.36. The van der Waals surface area contributed by atoms with Crippen molar-refractivity contribution in [1.82, 2.24) is 0 Å². The zero-order valence-electron chi connectivity index (χ0n) is 10.7. The molecular weight excluding hydrogens is 283 g/mol. The van der Waals surface area contributed by atoms with E-state index in [1.807, 2.05) is 0 Å². The topological polar surface area (TPSA) is 55.2 Å². The number of rotatable bonds is 4. The van der Waals surface area contributed by atoms with Crippen molar-refractivity contribution in [3.63, 3.8) is 0 Å². The van der Waals surface area contributed by atoms with Crippen molar-refractivity contribution in [1.29, 1.82) is 0 Å². The van der Waals surface area contributed by atoms with Crippen molar-refractivity contribution >= 4 is 23.0 Å². The molecule has 0 bridgehead atoms. The van der Waals surface area contributed by atoms with Crippen LogP contribution in [0.5, 0.6) is 0 Å². The summed E-state index contributed by atoms with van der Waals surface area (Å²) in [4.78, 5) is 10.4. The number of anilines is 1. The van der Waals surface area contributed by atoms with Crippen LogP contribution in [0.1, 0.15) is 11.1 Å². The van der Waals surface area contributed by atoms with Gasteiger partial charge in [-0.3, -0.25) is 10.1 Å². The van der Waals surface area contributed by atoms with Gasteiger partial charge in [-0.15, -0.1) is 0 Å². The van der Waals surface area contributed by atoms with Crippen LogP contribution in [-0.4, -0.2) is 4.92 Å². The molecule has 20 heavy (non-hydrogen) atoms. The van der Waals surface area contributed by atoms with Gasteiger partial charge in [-0.25, -0.2) is 4.39 Å². The Balaban J connectivity index is 2.15. The first-order chi connectivity index (χ1) is 9.47. The first kappa shape index (κ1) is 14.3. The Hall–Kier alpha value is -2.14. The molecule has 0 aliphatic rings. The fourth-order valence-electron chi connectivity index (χ4n) is 1.79. The van der Waals surface area contributed by atoms with Gasteiger partial charge in [0.2, 0.25) is 0 Å². The van der Waals surface area contributed by atoms with Crippen LogP contribution in [-0.2, 0) is 6.54 Å². The summed E-state index contributed by atoms with van der Waals surface area (Å²) in [5.41, 5.74) is 1.66. The van der Waals surface area contributed by atoms with Gasteiger partial charge in [0.15, 0.2) is 0 Å². The van der Waals surface area contributed by atoms with Gasteiger partial charge >= 0.3 is 0 Å². The minimum atomic E-state index is -0.459. The lowest BCUT2D eigenvalue weighted by Gasteiger charge is -2.08. The van der Waals surface area contributed by atoms with E-state index in [9.17, 15) is 14.5 Å². The molecule has 0 atom stereocenters. The number of nitro groups is 1. The number of hydrogen-bond acceptors (Lipinski definition) is 3. The second kappa shape index (κ2) is 5.88. The summed E-state index contributed by atoms with van der Waals surface area (Å²) in [6.45, 7) is 1.97. The number of aryl methyl sites for hydroxylation is 1. The minimum Gasteiger partial charge on any atom is -0.379 e. The van der Waals surface area contributed by atoms with E-state index in [4.69, 9.17) is 11.6 Å². The quantitative estimate of drug-likeness (QED) is 0.675. The predicted molar refractivity (Wildman–Crippen MR) is 76.6 cm³/mol. The summed E-state index contributed by atoms with van der Waals surface area (Å²) in [5.74, 6) is -0.459. The number of nitrogens with zero attached hydrogens (tertiary/aromatic N) is 1. The monoisotopic (exact) mass is 294 g/mol. The van der Waals surface area contributed by atoms with E-state index in [2.05, 4.69) is 5.32 Å². The van der Waals surface area contributed by atoms with Crippen molar-refractivity contribution in [2.24, 2.45) is 0 Å². The van der Waals surface area contributed by atoms with E-state index >= 15 is 0 Å². The van der Waals surface area contributed by atoms with Crippen molar-refractivity contribution in [2.45, 2.75) is 13.5 Å². The van der Waals surface area contributed by atoms with Crippen LogP contribution < -0.4 is 5.32 Å². The molecule has 0 aromatic heterocycles. The maximum Gasteiger partial charge on any atom is 0.272 e. The van der Waals surface area contributed by atoms with E-state index in [0.29, 0.717) is 28.4 Å². The molecule has 0 spiro atoms. The Kier molecular flexibility index (Phi) is 4.20. The van der Waals surface area contributed by atoms with Gasteiger partial charge in [0.05, 0.1) is 10.6 Å². The molecule has 0 saturated carbocycles. The second-order valence-corrected chi connectivity index (χ2v) is 4.79. The molecule has 0 unspecified atom stereocenters. The zero-order chi connectivity index (χ0) is 14.7. The maximum absolute atomic E-state index is 13.6. The summed E-state index contributed by atoms with van der Waals surface area (Å²) >= 11 is 5.66. The summed E-state index contributed by atoms with van der Waals surface area (Å²) in [6, 6.07) is 9.24. The third kappa shape index (κ3) is 3.24. The lowest BCUT2D eigenvalue weighted by molar-refractivity contribution is -0.385. The van der Waals surface area contributed by atoms with Crippen molar-refractivity contribution in [2.75, 3.05) is 5.32 Å². The molecule has 2 rings (SSSR count). The van der Waals surface area contributed by atoms with Crippen LogP contribution in [0.3, 0.4) is 0 Å². The SMILES string of the molecule is Cc1ccc(CNc2ccc(Cl)cc2F)cc1[N+](=O)[O-]. The van der Waals surface area contributed by atoms with Crippen molar-refractivity contribution in [3.8, 4) is 0 Å². The van der Waals surface area contributed by atoms with E-state index in [-0.39, 0.29) is 5.69 Å². The van der Waals surface area contributed by atoms with Gasteiger partial charge < -0.3 is 5.32 Å². The molecule has 0 saturated heterocycles. The molecule has 4 nitrogen and oxygen atoms in total. The van der Waals surface area contributed by atoms with Gasteiger partial charge in [0.1, 0.15) is 5.82 Å². The van der Waals surface area contributed by atoms with Crippen molar-refractivity contribution in [3.05, 3.63) is 68.5 Å². The van der Waals surface area contributed by atoms with Gasteiger partial charge in [0.25, 0.3) is 5.69 Å². The number of nitro benzene ring substituents is 1. The van der Waals surface area contributed by atoms with Gasteiger partial charge in [-0.1, -0.05) is 23.7 Å². The highest BCUT2D eigenvalue weighted by Crippen LogP contribution is 2.22. The first-order valence-electron chi connectivity index (χ1n) is 5.90. The van der Waals surface area contributed by atoms with Gasteiger partial charge in [-0.05, 0) is 30.7 Å². The highest BCUT2D eigenvalue weighted by Gasteiger charge is 2.11. The third-order valence-corrected chi connectivity index (χ3v) is 3.12. The maximum atomic E-state index is 13.6. The summed E-state index contributed by atoms with van der Waals surface area (Å²) in [7, 11) is 0. The van der Waals surface area contributed by atoms with Crippen LogP contribution in [0.15, 0.2) is 36.4 Å². The fourth-order valence-corrected chi connectivity index (χ4v) is 1.95. The molecule has 0 amide bonds. The first-order valence-corrected chi connectivity index (χ1v) is 6.28. The van der Waals surface area contributed by atoms with Crippen LogP contribution in [0.25, 0.3) is 0 Å². The summed E-state index contributed by atoms with van der Waals surface area (Å²) in [6.07, 6.45) is 0. The smallest absolute Gasteiger partial charge is 0.272 e.